The predicted octanol–water partition coefficient (Wildman–Crippen LogP) is 2.06. The Kier molecular flexibility index (Phi) is 7.29. The smallest absolute Gasteiger partial charge is 0.0109 e. The summed E-state index contributed by atoms with van der Waals surface area (Å²) in [6.07, 6.45) is 2.62. The molecule has 0 aliphatic carbocycles. The largest absolute Gasteiger partial charge is 0.305 e. The topological polar surface area (TPSA) is 6.48 Å². The van der Waals surface area contributed by atoms with Crippen LogP contribution in [0.5, 0.6) is 0 Å². The monoisotopic (exact) mass is 186 g/mol. The molecule has 2 nitrogen and oxygen atoms in total. The van der Waals surface area contributed by atoms with Gasteiger partial charge in [-0.05, 0) is 40.9 Å². The molecule has 80 valence electrons. The van der Waals surface area contributed by atoms with Crippen LogP contribution in [0.25, 0.3) is 0 Å². The molecular formula is C11H26N2. The van der Waals surface area contributed by atoms with Crippen LogP contribution in [0.4, 0.5) is 0 Å². The lowest BCUT2D eigenvalue weighted by molar-refractivity contribution is 0.223. The van der Waals surface area contributed by atoms with Crippen molar-refractivity contribution in [3.8, 4) is 0 Å². The van der Waals surface area contributed by atoms with Crippen molar-refractivity contribution in [2.75, 3.05) is 33.7 Å². The van der Waals surface area contributed by atoms with E-state index in [2.05, 4.69) is 44.7 Å². The maximum atomic E-state index is 2.42. The Morgan fingerprint density at radius 2 is 1.62 bits per heavy atom. The fourth-order valence-electron chi connectivity index (χ4n) is 1.13. The van der Waals surface area contributed by atoms with E-state index in [0.29, 0.717) is 6.04 Å². The Hall–Kier alpha value is -0.0800. The van der Waals surface area contributed by atoms with E-state index in [0.717, 1.165) is 0 Å². The molecule has 0 spiro atoms. The van der Waals surface area contributed by atoms with Gasteiger partial charge in [0.2, 0.25) is 0 Å². The summed E-state index contributed by atoms with van der Waals surface area (Å²) in [7, 11) is 4.40. The summed E-state index contributed by atoms with van der Waals surface area (Å²) in [5.41, 5.74) is 0. The molecule has 0 heterocycles. The van der Waals surface area contributed by atoms with Crippen molar-refractivity contribution in [3.05, 3.63) is 0 Å². The van der Waals surface area contributed by atoms with Gasteiger partial charge < -0.3 is 9.80 Å². The molecule has 0 aromatic carbocycles. The third-order valence-electron chi connectivity index (χ3n) is 2.61. The van der Waals surface area contributed by atoms with Crippen LogP contribution in [0.1, 0.15) is 33.6 Å². The first-order chi connectivity index (χ1) is 6.07. The molecule has 2 heteroatoms. The van der Waals surface area contributed by atoms with Crippen molar-refractivity contribution in [1.29, 1.82) is 0 Å². The Morgan fingerprint density at radius 1 is 1.00 bits per heavy atom. The van der Waals surface area contributed by atoms with Gasteiger partial charge in [-0.2, -0.15) is 0 Å². The molecule has 0 atom stereocenters. The fraction of sp³-hybridized carbons (Fsp3) is 1.00. The van der Waals surface area contributed by atoms with Crippen LogP contribution in [0.3, 0.4) is 0 Å². The second-order valence-electron chi connectivity index (χ2n) is 4.23. The Labute approximate surface area is 83.9 Å². The molecule has 0 aliphatic rings. The molecule has 0 bridgehead atoms. The van der Waals surface area contributed by atoms with Gasteiger partial charge in [-0.1, -0.05) is 13.3 Å². The molecule has 0 aromatic rings. The standard InChI is InChI=1S/C11H26N2/c1-6-7-8-12(4)9-10-13(5)11(2)3/h11H,6-10H2,1-5H3. The van der Waals surface area contributed by atoms with Gasteiger partial charge >= 0.3 is 0 Å². The van der Waals surface area contributed by atoms with Gasteiger partial charge in [0.05, 0.1) is 0 Å². The van der Waals surface area contributed by atoms with Crippen molar-refractivity contribution < 1.29 is 0 Å². The number of rotatable bonds is 7. The normalized spacial score (nSPS) is 12.0. The van der Waals surface area contributed by atoms with Gasteiger partial charge in [0.25, 0.3) is 0 Å². The van der Waals surface area contributed by atoms with Gasteiger partial charge in [-0.15, -0.1) is 0 Å². The molecule has 0 radical (unpaired) electrons. The first kappa shape index (κ1) is 12.9. The van der Waals surface area contributed by atoms with Crippen LogP contribution in [-0.2, 0) is 0 Å². The lowest BCUT2D eigenvalue weighted by Gasteiger charge is -2.24. The zero-order valence-corrected chi connectivity index (χ0v) is 10.0. The number of nitrogens with zero attached hydrogens (tertiary/aromatic N) is 2. The highest BCUT2D eigenvalue weighted by Gasteiger charge is 2.04. The minimum Gasteiger partial charge on any atom is -0.305 e. The minimum absolute atomic E-state index is 0.666. The third kappa shape index (κ3) is 7.03. The van der Waals surface area contributed by atoms with Crippen LogP contribution in [0.15, 0.2) is 0 Å². The lowest BCUT2D eigenvalue weighted by atomic mass is 10.3. The highest BCUT2D eigenvalue weighted by molar-refractivity contribution is 4.60. The molecule has 0 N–H and O–H groups in total. The summed E-state index contributed by atoms with van der Waals surface area (Å²) in [5.74, 6) is 0. The summed E-state index contributed by atoms with van der Waals surface area (Å²) in [4.78, 5) is 4.81. The van der Waals surface area contributed by atoms with E-state index in [1.54, 1.807) is 0 Å². The third-order valence-corrected chi connectivity index (χ3v) is 2.61. The minimum atomic E-state index is 0.666. The van der Waals surface area contributed by atoms with Crippen LogP contribution in [0, 0.1) is 0 Å². The average molecular weight is 186 g/mol. The first-order valence-electron chi connectivity index (χ1n) is 5.46. The first-order valence-corrected chi connectivity index (χ1v) is 5.46. The second kappa shape index (κ2) is 7.34. The van der Waals surface area contributed by atoms with Crippen LogP contribution >= 0.6 is 0 Å². The zero-order chi connectivity index (χ0) is 10.3. The van der Waals surface area contributed by atoms with Crippen molar-refractivity contribution >= 4 is 0 Å². The van der Waals surface area contributed by atoms with Gasteiger partial charge in [0.1, 0.15) is 0 Å². The fourth-order valence-corrected chi connectivity index (χ4v) is 1.13. The predicted molar refractivity (Wildman–Crippen MR) is 60.2 cm³/mol. The van der Waals surface area contributed by atoms with Crippen molar-refractivity contribution in [1.82, 2.24) is 9.80 Å². The second-order valence-corrected chi connectivity index (χ2v) is 4.23. The van der Waals surface area contributed by atoms with Crippen LogP contribution < -0.4 is 0 Å². The van der Waals surface area contributed by atoms with Gasteiger partial charge in [-0.3, -0.25) is 0 Å². The van der Waals surface area contributed by atoms with E-state index in [1.807, 2.05) is 0 Å². The summed E-state index contributed by atoms with van der Waals surface area (Å²) in [6, 6.07) is 0.666. The molecule has 0 unspecified atom stereocenters. The molecule has 0 fully saturated rings. The molecule has 0 aromatic heterocycles. The Morgan fingerprint density at radius 3 is 2.08 bits per heavy atom. The number of hydrogen-bond donors (Lipinski definition) is 0. The average Bonchev–Trinajstić information content (AvgIpc) is 2.10. The van der Waals surface area contributed by atoms with Gasteiger partial charge in [0.15, 0.2) is 0 Å². The van der Waals surface area contributed by atoms with E-state index < -0.39 is 0 Å². The summed E-state index contributed by atoms with van der Waals surface area (Å²) in [5, 5.41) is 0. The van der Waals surface area contributed by atoms with Crippen molar-refractivity contribution in [3.63, 3.8) is 0 Å². The van der Waals surface area contributed by atoms with E-state index in [9.17, 15) is 0 Å². The number of unbranched alkanes of at least 4 members (excludes halogenated alkanes) is 1. The van der Waals surface area contributed by atoms with E-state index in [1.165, 1.54) is 32.5 Å². The molecule has 0 aliphatic heterocycles. The lowest BCUT2D eigenvalue weighted by Crippen LogP contribution is -2.35. The van der Waals surface area contributed by atoms with Crippen LogP contribution in [-0.4, -0.2) is 49.6 Å². The van der Waals surface area contributed by atoms with Gasteiger partial charge in [0, 0.05) is 19.1 Å². The Bertz CT molecular complexity index is 113. The highest BCUT2D eigenvalue weighted by atomic mass is 15.2. The molecular weight excluding hydrogens is 160 g/mol. The zero-order valence-electron chi connectivity index (χ0n) is 10.0. The molecule has 0 saturated carbocycles. The molecule has 0 rings (SSSR count). The maximum absolute atomic E-state index is 2.42. The molecule has 0 amide bonds. The SMILES string of the molecule is CCCCN(C)CCN(C)C(C)C. The quantitative estimate of drug-likeness (QED) is 0.600. The Balaban J connectivity index is 3.40. The molecule has 13 heavy (non-hydrogen) atoms. The number of likely N-dealkylation sites (N-methyl/N-ethyl adjacent to an activating group) is 2. The summed E-state index contributed by atoms with van der Waals surface area (Å²) < 4.78 is 0. The maximum Gasteiger partial charge on any atom is 0.0109 e. The van der Waals surface area contributed by atoms with E-state index >= 15 is 0 Å². The highest BCUT2D eigenvalue weighted by Crippen LogP contribution is 1.95. The van der Waals surface area contributed by atoms with Gasteiger partial charge in [-0.25, -0.2) is 0 Å². The molecule has 0 saturated heterocycles. The van der Waals surface area contributed by atoms with Crippen molar-refractivity contribution in [2.24, 2.45) is 0 Å². The van der Waals surface area contributed by atoms with Crippen LogP contribution in [0.2, 0.25) is 0 Å². The summed E-state index contributed by atoms with van der Waals surface area (Å²) >= 11 is 0. The van der Waals surface area contributed by atoms with E-state index in [4.69, 9.17) is 0 Å². The van der Waals surface area contributed by atoms with E-state index in [-0.39, 0.29) is 0 Å². The number of hydrogen-bond acceptors (Lipinski definition) is 2. The summed E-state index contributed by atoms with van der Waals surface area (Å²) in [6.45, 7) is 10.3. The van der Waals surface area contributed by atoms with Crippen molar-refractivity contribution in [2.45, 2.75) is 39.7 Å².